The summed E-state index contributed by atoms with van der Waals surface area (Å²) in [6.45, 7) is 1.09. The van der Waals surface area contributed by atoms with Gasteiger partial charge in [-0.05, 0) is 11.6 Å². The summed E-state index contributed by atoms with van der Waals surface area (Å²) in [5.41, 5.74) is 0.423. The summed E-state index contributed by atoms with van der Waals surface area (Å²) in [5, 5.41) is 0.311. The van der Waals surface area contributed by atoms with E-state index >= 15 is 0 Å². The number of amides is 1. The first-order chi connectivity index (χ1) is 13.7. The fourth-order valence-electron chi connectivity index (χ4n) is 2.94. The summed E-state index contributed by atoms with van der Waals surface area (Å²) in [4.78, 5) is 32.9. The lowest BCUT2D eigenvalue weighted by molar-refractivity contribution is -0.131. The monoisotopic (exact) mass is 440 g/mol. The quantitative estimate of drug-likeness (QED) is 0.528. The van der Waals surface area contributed by atoms with Crippen molar-refractivity contribution in [1.82, 2.24) is 19.2 Å². The van der Waals surface area contributed by atoms with Crippen LogP contribution >= 0.6 is 11.8 Å². The van der Waals surface area contributed by atoms with E-state index in [2.05, 4.69) is 9.97 Å². The van der Waals surface area contributed by atoms with E-state index in [1.807, 2.05) is 0 Å². The number of halogens is 1. The molecule has 156 valence electrons. The minimum absolute atomic E-state index is 0.0595. The largest absolute Gasteiger partial charge is 0.340 e. The smallest absolute Gasteiger partial charge is 0.251 e. The molecule has 1 aromatic carbocycles. The molecule has 1 aliphatic heterocycles. The zero-order valence-electron chi connectivity index (χ0n) is 15.8. The molecule has 8 nitrogen and oxygen atoms in total. The second-order valence-electron chi connectivity index (χ2n) is 6.64. The Kier molecular flexibility index (Phi) is 6.70. The molecule has 1 aliphatic rings. The van der Waals surface area contributed by atoms with E-state index in [0.29, 0.717) is 35.3 Å². The molecule has 2 aromatic rings. The number of aromatic nitrogens is 2. The van der Waals surface area contributed by atoms with Gasteiger partial charge in [-0.2, -0.15) is 4.31 Å². The van der Waals surface area contributed by atoms with Crippen LogP contribution in [0.4, 0.5) is 4.39 Å². The van der Waals surface area contributed by atoms with Crippen molar-refractivity contribution in [3.05, 3.63) is 57.8 Å². The fraction of sp³-hybridized carbons (Fsp3) is 0.389. The van der Waals surface area contributed by atoms with E-state index in [1.54, 1.807) is 23.1 Å². The van der Waals surface area contributed by atoms with Gasteiger partial charge in [0.05, 0.1) is 18.4 Å². The summed E-state index contributed by atoms with van der Waals surface area (Å²) in [6, 6.07) is 7.62. The minimum Gasteiger partial charge on any atom is -0.340 e. The maximum atomic E-state index is 13.7. The topological polar surface area (TPSA) is 103 Å². The van der Waals surface area contributed by atoms with Crippen LogP contribution in [0.5, 0.6) is 0 Å². The molecule has 2 heterocycles. The van der Waals surface area contributed by atoms with Gasteiger partial charge in [0.15, 0.2) is 5.16 Å². The molecule has 0 radical (unpaired) electrons. The highest BCUT2D eigenvalue weighted by Crippen LogP contribution is 2.20. The van der Waals surface area contributed by atoms with E-state index in [4.69, 9.17) is 0 Å². The van der Waals surface area contributed by atoms with E-state index in [0.717, 1.165) is 6.26 Å². The molecule has 1 fully saturated rings. The lowest BCUT2D eigenvalue weighted by Gasteiger charge is -2.33. The first-order valence-electron chi connectivity index (χ1n) is 8.92. The molecule has 0 bridgehead atoms. The number of benzene rings is 1. The molecule has 0 unspecified atom stereocenters. The molecule has 0 spiro atoms. The Bertz CT molecular complexity index is 1050. The molecule has 1 aromatic heterocycles. The number of hydrogen-bond donors (Lipinski definition) is 1. The maximum Gasteiger partial charge on any atom is 0.251 e. The van der Waals surface area contributed by atoms with Crippen LogP contribution in [0, 0.1) is 5.82 Å². The Morgan fingerprint density at radius 3 is 2.59 bits per heavy atom. The van der Waals surface area contributed by atoms with E-state index in [-0.39, 0.29) is 36.8 Å². The van der Waals surface area contributed by atoms with Gasteiger partial charge in [-0.25, -0.2) is 17.8 Å². The third kappa shape index (κ3) is 5.87. The van der Waals surface area contributed by atoms with E-state index in [9.17, 15) is 22.4 Å². The first-order valence-corrected chi connectivity index (χ1v) is 11.7. The highest BCUT2D eigenvalue weighted by atomic mass is 32.2. The van der Waals surface area contributed by atoms with Crippen LogP contribution < -0.4 is 5.56 Å². The molecule has 0 saturated carbocycles. The molecule has 0 aliphatic carbocycles. The summed E-state index contributed by atoms with van der Waals surface area (Å²) in [5.74, 6) is -0.260. The Morgan fingerprint density at radius 1 is 1.24 bits per heavy atom. The Balaban J connectivity index is 1.62. The Hall–Kier alpha value is -2.24. The lowest BCUT2D eigenvalue weighted by atomic mass is 10.2. The third-order valence-corrected chi connectivity index (χ3v) is 6.71. The standard InChI is InChI=1S/C18H21FN4O4S2/c1-29(26,27)23-8-6-22(7-9-23)17(25)11-14-10-16(24)21-18(20-14)28-12-13-4-2-3-5-15(13)19/h2-5,10H,6-9,11-12H2,1H3,(H,20,21,24). The van der Waals surface area contributed by atoms with Gasteiger partial charge in [-0.1, -0.05) is 30.0 Å². The molecule has 11 heteroatoms. The van der Waals surface area contributed by atoms with Crippen LogP contribution in [0.15, 0.2) is 40.3 Å². The van der Waals surface area contributed by atoms with Crippen molar-refractivity contribution >= 4 is 27.7 Å². The van der Waals surface area contributed by atoms with Crippen LogP contribution in [0.2, 0.25) is 0 Å². The first kappa shape index (κ1) is 21.5. The summed E-state index contributed by atoms with van der Waals surface area (Å²) >= 11 is 1.18. The minimum atomic E-state index is -3.27. The second kappa shape index (κ2) is 9.06. The van der Waals surface area contributed by atoms with Crippen LogP contribution in [0.1, 0.15) is 11.3 Å². The number of sulfonamides is 1. The van der Waals surface area contributed by atoms with Crippen LogP contribution in [-0.2, 0) is 27.0 Å². The average molecular weight is 441 g/mol. The molecule has 29 heavy (non-hydrogen) atoms. The highest BCUT2D eigenvalue weighted by molar-refractivity contribution is 7.98. The number of thioether (sulfide) groups is 1. The van der Waals surface area contributed by atoms with Crippen LogP contribution in [0.25, 0.3) is 0 Å². The zero-order valence-corrected chi connectivity index (χ0v) is 17.4. The van der Waals surface area contributed by atoms with Crippen molar-refractivity contribution in [3.63, 3.8) is 0 Å². The number of carbonyl (C=O) groups is 1. The van der Waals surface area contributed by atoms with Crippen molar-refractivity contribution in [2.75, 3.05) is 32.4 Å². The number of hydrogen-bond acceptors (Lipinski definition) is 6. The van der Waals surface area contributed by atoms with Crippen molar-refractivity contribution in [3.8, 4) is 0 Å². The van der Waals surface area contributed by atoms with Gasteiger partial charge in [0.1, 0.15) is 5.82 Å². The molecule has 1 saturated heterocycles. The van der Waals surface area contributed by atoms with Crippen molar-refractivity contribution in [1.29, 1.82) is 0 Å². The van der Waals surface area contributed by atoms with Crippen molar-refractivity contribution < 1.29 is 17.6 Å². The maximum absolute atomic E-state index is 13.7. The molecule has 0 atom stereocenters. The van der Waals surface area contributed by atoms with Crippen LogP contribution in [0.3, 0.4) is 0 Å². The third-order valence-electron chi connectivity index (χ3n) is 4.49. The number of carbonyl (C=O) groups excluding carboxylic acids is 1. The molecule has 1 N–H and O–H groups in total. The van der Waals surface area contributed by atoms with E-state index in [1.165, 1.54) is 28.2 Å². The summed E-state index contributed by atoms with van der Waals surface area (Å²) in [6.07, 6.45) is 1.08. The van der Waals surface area contributed by atoms with Crippen molar-refractivity contribution in [2.24, 2.45) is 0 Å². The number of rotatable bonds is 6. The number of aromatic amines is 1. The van der Waals surface area contributed by atoms with Gasteiger partial charge in [0.2, 0.25) is 15.9 Å². The molecular weight excluding hydrogens is 419 g/mol. The predicted octanol–water partition coefficient (Wildman–Crippen LogP) is 0.848. The normalized spacial score (nSPS) is 15.4. The molecule has 1 amide bonds. The second-order valence-corrected chi connectivity index (χ2v) is 9.59. The van der Waals surface area contributed by atoms with Gasteiger partial charge in [0.25, 0.3) is 5.56 Å². The molecular formula is C18H21FN4O4S2. The number of nitrogens with one attached hydrogen (secondary N) is 1. The summed E-state index contributed by atoms with van der Waals surface area (Å²) in [7, 11) is -3.27. The lowest BCUT2D eigenvalue weighted by Crippen LogP contribution is -2.50. The van der Waals surface area contributed by atoms with E-state index < -0.39 is 10.0 Å². The number of piperazine rings is 1. The van der Waals surface area contributed by atoms with Gasteiger partial charge in [-0.15, -0.1) is 0 Å². The average Bonchev–Trinajstić information content (AvgIpc) is 2.66. The molecule has 3 rings (SSSR count). The predicted molar refractivity (Wildman–Crippen MR) is 108 cm³/mol. The number of H-pyrrole nitrogens is 1. The van der Waals surface area contributed by atoms with Gasteiger partial charge in [0, 0.05) is 38.0 Å². The van der Waals surface area contributed by atoms with Gasteiger partial charge < -0.3 is 9.88 Å². The SMILES string of the molecule is CS(=O)(=O)N1CCN(C(=O)Cc2cc(=O)[nH]c(SCc3ccccc3F)n2)CC1. The fourth-order valence-corrected chi connectivity index (χ4v) is 4.65. The zero-order chi connectivity index (χ0) is 21.0. The summed E-state index contributed by atoms with van der Waals surface area (Å²) < 4.78 is 38.2. The highest BCUT2D eigenvalue weighted by Gasteiger charge is 2.26. The van der Waals surface area contributed by atoms with Gasteiger partial charge >= 0.3 is 0 Å². The Morgan fingerprint density at radius 2 is 1.93 bits per heavy atom. The number of nitrogens with zero attached hydrogens (tertiary/aromatic N) is 3. The Labute approximate surface area is 172 Å². The van der Waals surface area contributed by atoms with Gasteiger partial charge in [-0.3, -0.25) is 9.59 Å². The van der Waals surface area contributed by atoms with Crippen molar-refractivity contribution in [2.45, 2.75) is 17.3 Å². The van der Waals surface area contributed by atoms with Crippen LogP contribution in [-0.4, -0.2) is 65.9 Å².